The van der Waals surface area contributed by atoms with Crippen LogP contribution in [0.15, 0.2) is 24.3 Å². The number of hydrogen-bond donors (Lipinski definition) is 0. The first-order valence-corrected chi connectivity index (χ1v) is 20.0. The molecule has 226 valence electrons. The number of rotatable bonds is 3. The molecular formula is C36H58Cl2P2. The van der Waals surface area contributed by atoms with Gasteiger partial charge < -0.3 is 0 Å². The van der Waals surface area contributed by atoms with Crippen molar-refractivity contribution in [1.82, 2.24) is 0 Å². The fourth-order valence-electron chi connectivity index (χ4n) is 4.99. The Kier molecular flexibility index (Phi) is 10.3. The van der Waals surface area contributed by atoms with E-state index < -0.39 is 13.9 Å². The van der Waals surface area contributed by atoms with Gasteiger partial charge in [-0.2, -0.15) is 0 Å². The van der Waals surface area contributed by atoms with E-state index in [9.17, 15) is 0 Å². The molecular weight excluding hydrogens is 565 g/mol. The smallest absolute Gasteiger partial charge is 0.0669 e. The summed E-state index contributed by atoms with van der Waals surface area (Å²) in [5.41, 5.74) is 7.96. The van der Waals surface area contributed by atoms with E-state index in [2.05, 4.69) is 149 Å². The highest BCUT2D eigenvalue weighted by Gasteiger charge is 2.39. The van der Waals surface area contributed by atoms with Crippen LogP contribution >= 0.6 is 36.4 Å². The van der Waals surface area contributed by atoms with Crippen LogP contribution in [0, 0.1) is 0 Å². The van der Waals surface area contributed by atoms with Gasteiger partial charge in [-0.05, 0) is 65.9 Å². The van der Waals surface area contributed by atoms with Crippen LogP contribution in [0.25, 0.3) is 0 Å². The second-order valence-electron chi connectivity index (χ2n) is 17.9. The van der Waals surface area contributed by atoms with Crippen LogP contribution in [-0.4, -0.2) is 0 Å². The molecule has 0 spiro atoms. The molecule has 2 unspecified atom stereocenters. The molecule has 0 N–H and O–H groups in total. The van der Waals surface area contributed by atoms with Gasteiger partial charge in [0.1, 0.15) is 0 Å². The summed E-state index contributed by atoms with van der Waals surface area (Å²) < 4.78 is 0. The molecule has 0 bridgehead atoms. The number of hydrogen-bond acceptors (Lipinski definition) is 0. The topological polar surface area (TPSA) is 0 Å². The highest BCUT2D eigenvalue weighted by atomic mass is 35.7. The van der Waals surface area contributed by atoms with Crippen LogP contribution in [0.3, 0.4) is 0 Å². The summed E-state index contributed by atoms with van der Waals surface area (Å²) in [6.07, 6.45) is 0. The first-order valence-electron chi connectivity index (χ1n) is 14.8. The fraction of sp³-hybridized carbons (Fsp3) is 0.667. The van der Waals surface area contributed by atoms with E-state index in [1.54, 1.807) is 0 Å². The van der Waals surface area contributed by atoms with Gasteiger partial charge in [-0.15, -0.1) is 0 Å². The van der Waals surface area contributed by atoms with E-state index >= 15 is 0 Å². The molecule has 0 nitrogen and oxygen atoms in total. The van der Waals surface area contributed by atoms with Gasteiger partial charge in [0.2, 0.25) is 0 Å². The maximum absolute atomic E-state index is 7.82. The molecule has 0 heterocycles. The third-order valence-corrected chi connectivity index (χ3v) is 16.3. The minimum absolute atomic E-state index is 0.0426. The van der Waals surface area contributed by atoms with E-state index in [-0.39, 0.29) is 32.5 Å². The SMILES string of the molecule is CC(C)(C)c1cc(C(C)(C)C)c(P(Cl)P(Cl)c2c(C(C)(C)C)cc(C(C)(C)C)cc2C(C)(C)C)c(C(C)(C)C)c1. The zero-order valence-electron chi connectivity index (χ0n) is 29.0. The van der Waals surface area contributed by atoms with Gasteiger partial charge in [0.15, 0.2) is 0 Å². The van der Waals surface area contributed by atoms with Gasteiger partial charge in [-0.3, -0.25) is 0 Å². The lowest BCUT2D eigenvalue weighted by Crippen LogP contribution is -2.33. The van der Waals surface area contributed by atoms with Gasteiger partial charge in [-0.1, -0.05) is 171 Å². The summed E-state index contributed by atoms with van der Waals surface area (Å²) in [7, 11) is 0. The molecule has 2 atom stereocenters. The molecule has 2 aromatic carbocycles. The largest absolute Gasteiger partial charge is 0.0844 e. The normalized spacial score (nSPS) is 15.8. The van der Waals surface area contributed by atoms with Crippen molar-refractivity contribution in [2.24, 2.45) is 0 Å². The Labute approximate surface area is 260 Å². The minimum atomic E-state index is -1.19. The summed E-state index contributed by atoms with van der Waals surface area (Å²) in [5.74, 6) is 0. The van der Waals surface area contributed by atoms with Crippen molar-refractivity contribution in [3.8, 4) is 0 Å². The average Bonchev–Trinajstić information content (AvgIpc) is 2.72. The zero-order chi connectivity index (χ0) is 31.6. The molecule has 0 saturated heterocycles. The van der Waals surface area contributed by atoms with Crippen molar-refractivity contribution < 1.29 is 0 Å². The van der Waals surface area contributed by atoms with E-state index in [4.69, 9.17) is 22.5 Å². The molecule has 0 saturated carbocycles. The standard InChI is InChI=1S/C36H58Cl2P2/c1-31(2,3)23-19-25(33(7,8)9)29(26(20-23)34(10,11)12)39(37)40(38)30-27(35(13,14)15)21-24(32(4,5)6)22-28(30)36(16,17)18/h19-22H,1-18H3. The van der Waals surface area contributed by atoms with E-state index in [1.807, 2.05) is 0 Å². The van der Waals surface area contributed by atoms with Gasteiger partial charge in [0.25, 0.3) is 0 Å². The Balaban J connectivity index is 3.09. The second kappa shape index (κ2) is 11.4. The van der Waals surface area contributed by atoms with Crippen LogP contribution in [0.2, 0.25) is 0 Å². The third kappa shape index (κ3) is 8.07. The van der Waals surface area contributed by atoms with Crippen molar-refractivity contribution in [1.29, 1.82) is 0 Å². The molecule has 0 fully saturated rings. The number of benzene rings is 2. The lowest BCUT2D eigenvalue weighted by molar-refractivity contribution is 0.553. The monoisotopic (exact) mass is 622 g/mol. The van der Waals surface area contributed by atoms with Crippen LogP contribution in [0.4, 0.5) is 0 Å². The molecule has 0 radical (unpaired) electrons. The van der Waals surface area contributed by atoms with E-state index in [0.29, 0.717) is 0 Å². The van der Waals surface area contributed by atoms with Gasteiger partial charge in [0.05, 0.1) is 13.9 Å². The predicted molar refractivity (Wildman–Crippen MR) is 190 cm³/mol. The van der Waals surface area contributed by atoms with Crippen molar-refractivity contribution in [2.75, 3.05) is 0 Å². The maximum atomic E-state index is 7.82. The van der Waals surface area contributed by atoms with Gasteiger partial charge >= 0.3 is 0 Å². The van der Waals surface area contributed by atoms with Crippen LogP contribution < -0.4 is 10.6 Å². The van der Waals surface area contributed by atoms with Gasteiger partial charge in [0, 0.05) is 10.6 Å². The Bertz CT molecular complexity index is 1050. The summed E-state index contributed by atoms with van der Waals surface area (Å²) >= 11 is 15.6. The summed E-state index contributed by atoms with van der Waals surface area (Å²) in [6, 6.07) is 9.72. The molecule has 2 aromatic rings. The summed E-state index contributed by atoms with van der Waals surface area (Å²) in [4.78, 5) is 0. The Morgan fingerprint density at radius 3 is 0.650 bits per heavy atom. The van der Waals surface area contributed by atoms with E-state index in [1.165, 1.54) is 44.0 Å². The van der Waals surface area contributed by atoms with Crippen LogP contribution in [0.5, 0.6) is 0 Å². The van der Waals surface area contributed by atoms with Crippen molar-refractivity contribution in [3.05, 3.63) is 57.6 Å². The van der Waals surface area contributed by atoms with Gasteiger partial charge in [-0.25, -0.2) is 0 Å². The molecule has 0 amide bonds. The Hall–Kier alpha value is -0.120. The minimum Gasteiger partial charge on any atom is -0.0844 e. The molecule has 0 aliphatic carbocycles. The maximum Gasteiger partial charge on any atom is 0.0669 e. The molecule has 0 aromatic heterocycles. The summed E-state index contributed by atoms with van der Waals surface area (Å²) in [5, 5.41) is 2.59. The number of halogens is 2. The van der Waals surface area contributed by atoms with Crippen molar-refractivity contribution >= 4 is 47.0 Å². The third-order valence-electron chi connectivity index (χ3n) is 7.71. The lowest BCUT2D eigenvalue weighted by atomic mass is 9.75. The van der Waals surface area contributed by atoms with Crippen LogP contribution in [-0.2, 0) is 32.5 Å². The Morgan fingerprint density at radius 2 is 0.525 bits per heavy atom. The molecule has 0 aliphatic heterocycles. The first-order chi connectivity index (χ1) is 17.5. The predicted octanol–water partition coefficient (Wildman–Crippen LogP) is 12.6. The first kappa shape index (κ1) is 36.1. The molecule has 4 heteroatoms. The molecule has 2 rings (SSSR count). The highest BCUT2D eigenvalue weighted by Crippen LogP contribution is 2.76. The van der Waals surface area contributed by atoms with E-state index in [0.717, 1.165) is 0 Å². The Morgan fingerprint density at radius 1 is 0.350 bits per heavy atom. The second-order valence-corrected chi connectivity index (χ2v) is 25.6. The van der Waals surface area contributed by atoms with Crippen molar-refractivity contribution in [3.63, 3.8) is 0 Å². The average molecular weight is 624 g/mol. The van der Waals surface area contributed by atoms with Crippen LogP contribution in [0.1, 0.15) is 158 Å². The molecule has 0 aliphatic rings. The lowest BCUT2D eigenvalue weighted by Gasteiger charge is -2.38. The quantitative estimate of drug-likeness (QED) is 0.299. The van der Waals surface area contributed by atoms with Crippen molar-refractivity contribution in [2.45, 2.75) is 157 Å². The highest BCUT2D eigenvalue weighted by molar-refractivity contribution is 8.53. The fourth-order valence-corrected chi connectivity index (χ4v) is 12.5. The molecule has 40 heavy (non-hydrogen) atoms. The summed E-state index contributed by atoms with van der Waals surface area (Å²) in [6.45, 7) is 39.3. The zero-order valence-corrected chi connectivity index (χ0v) is 32.3.